The van der Waals surface area contributed by atoms with E-state index in [2.05, 4.69) is 133 Å². The molecule has 2 heteroatoms. The number of benzene rings is 4. The van der Waals surface area contributed by atoms with Crippen LogP contribution in [0.3, 0.4) is 0 Å². The van der Waals surface area contributed by atoms with Crippen molar-refractivity contribution in [2.75, 3.05) is 0 Å². The van der Waals surface area contributed by atoms with Crippen LogP contribution in [0.15, 0.2) is 107 Å². The quantitative estimate of drug-likeness (QED) is 0.175. The van der Waals surface area contributed by atoms with Gasteiger partial charge in [0.1, 0.15) is 0 Å². The van der Waals surface area contributed by atoms with E-state index in [0.29, 0.717) is 5.84 Å². The number of fused-ring (bicyclic) bond motifs is 3. The molecular formula is C36H36N2. The molecule has 5 rings (SSSR count). The number of aryl methyl sites for hydroxylation is 2. The zero-order valence-electron chi connectivity index (χ0n) is 23.4. The van der Waals surface area contributed by atoms with E-state index in [1.807, 2.05) is 0 Å². The Morgan fingerprint density at radius 1 is 0.658 bits per heavy atom. The molecule has 4 aromatic carbocycles. The Labute approximate surface area is 227 Å². The molecule has 1 aliphatic rings. The second-order valence-electron chi connectivity index (χ2n) is 11.3. The van der Waals surface area contributed by atoms with Gasteiger partial charge in [-0.2, -0.15) is 0 Å². The third-order valence-electron chi connectivity index (χ3n) is 7.52. The van der Waals surface area contributed by atoms with Crippen molar-refractivity contribution in [2.45, 2.75) is 48.0 Å². The van der Waals surface area contributed by atoms with Crippen LogP contribution in [0.25, 0.3) is 22.3 Å². The van der Waals surface area contributed by atoms with Gasteiger partial charge in [-0.1, -0.05) is 112 Å². The van der Waals surface area contributed by atoms with E-state index >= 15 is 0 Å². The molecule has 1 aliphatic carbocycles. The lowest BCUT2D eigenvalue weighted by atomic mass is 9.90. The van der Waals surface area contributed by atoms with Crippen LogP contribution < -0.4 is 0 Å². The van der Waals surface area contributed by atoms with E-state index in [9.17, 15) is 0 Å². The summed E-state index contributed by atoms with van der Waals surface area (Å²) in [7, 11) is 0. The molecular weight excluding hydrogens is 460 g/mol. The van der Waals surface area contributed by atoms with E-state index in [0.717, 1.165) is 29.0 Å². The number of nitrogens with zero attached hydrogens (tertiary/aromatic N) is 2. The standard InChI is InChI=1S/C36H36N2/c1-23-14-8-10-18-29(23)33-24(2)15-12-21-32(33)35(38-26(4)36(5,6)7)37-25(3)30-20-13-17-28-22-27-16-9-11-19-31(27)34(28)30/h8-21H,4,22H2,1-3,5-7H3/b37-25+,38-35-. The SMILES string of the molecule is C=C(/N=C(\N=C(/C)c1cccc2c1-c1ccccc1C2)c1cccc(C)c1-c1ccccc1C)C(C)(C)C. The summed E-state index contributed by atoms with van der Waals surface area (Å²) >= 11 is 0. The van der Waals surface area contributed by atoms with E-state index in [-0.39, 0.29) is 5.41 Å². The maximum atomic E-state index is 5.28. The lowest BCUT2D eigenvalue weighted by Gasteiger charge is -2.20. The minimum atomic E-state index is -0.172. The average molecular weight is 497 g/mol. The molecule has 38 heavy (non-hydrogen) atoms. The van der Waals surface area contributed by atoms with Gasteiger partial charge in [0.05, 0.1) is 0 Å². The molecule has 0 aliphatic heterocycles. The Morgan fingerprint density at radius 2 is 1.26 bits per heavy atom. The summed E-state index contributed by atoms with van der Waals surface area (Å²) in [5.41, 5.74) is 13.9. The lowest BCUT2D eigenvalue weighted by Crippen LogP contribution is -2.12. The average Bonchev–Trinajstić information content (AvgIpc) is 3.27. The molecule has 0 saturated heterocycles. The number of rotatable bonds is 4. The molecule has 190 valence electrons. The van der Waals surface area contributed by atoms with Crippen LogP contribution in [0.5, 0.6) is 0 Å². The van der Waals surface area contributed by atoms with Crippen LogP contribution in [0.2, 0.25) is 0 Å². The van der Waals surface area contributed by atoms with Gasteiger partial charge in [0.2, 0.25) is 0 Å². The van der Waals surface area contributed by atoms with Crippen molar-refractivity contribution in [3.63, 3.8) is 0 Å². The van der Waals surface area contributed by atoms with Crippen LogP contribution in [0.1, 0.15) is 61.1 Å². The van der Waals surface area contributed by atoms with Crippen molar-refractivity contribution in [2.24, 2.45) is 15.4 Å². The zero-order chi connectivity index (χ0) is 27.0. The number of hydrogen-bond acceptors (Lipinski definition) is 1. The normalized spacial score (nSPS) is 13.3. The summed E-state index contributed by atoms with van der Waals surface area (Å²) in [4.78, 5) is 10.4. The minimum Gasteiger partial charge on any atom is -0.233 e. The number of allylic oxidation sites excluding steroid dienone is 1. The molecule has 0 N–H and O–H groups in total. The van der Waals surface area contributed by atoms with Gasteiger partial charge in [-0.15, -0.1) is 0 Å². The summed E-state index contributed by atoms with van der Waals surface area (Å²) in [6, 6.07) is 30.2. The predicted molar refractivity (Wildman–Crippen MR) is 163 cm³/mol. The first-order valence-electron chi connectivity index (χ1n) is 13.3. The van der Waals surface area contributed by atoms with Crippen LogP contribution in [0.4, 0.5) is 0 Å². The van der Waals surface area contributed by atoms with E-state index < -0.39 is 0 Å². The van der Waals surface area contributed by atoms with E-state index in [1.165, 1.54) is 44.5 Å². The van der Waals surface area contributed by atoms with Crippen LogP contribution in [-0.4, -0.2) is 11.5 Å². The van der Waals surface area contributed by atoms with Gasteiger partial charge >= 0.3 is 0 Å². The number of amidine groups is 1. The van der Waals surface area contributed by atoms with Crippen molar-refractivity contribution in [3.05, 3.63) is 131 Å². The third-order valence-corrected chi connectivity index (χ3v) is 7.52. The largest absolute Gasteiger partial charge is 0.233 e. The van der Waals surface area contributed by atoms with Gasteiger partial charge < -0.3 is 0 Å². The zero-order valence-corrected chi connectivity index (χ0v) is 23.4. The molecule has 0 fully saturated rings. The molecule has 0 amide bonds. The van der Waals surface area contributed by atoms with Crippen LogP contribution in [-0.2, 0) is 6.42 Å². The van der Waals surface area contributed by atoms with Crippen molar-refractivity contribution in [1.29, 1.82) is 0 Å². The highest BCUT2D eigenvalue weighted by atomic mass is 14.9. The van der Waals surface area contributed by atoms with E-state index in [1.54, 1.807) is 0 Å². The fourth-order valence-corrected chi connectivity index (χ4v) is 5.22. The first kappa shape index (κ1) is 25.6. The molecule has 4 aromatic rings. The summed E-state index contributed by atoms with van der Waals surface area (Å²) < 4.78 is 0. The van der Waals surface area contributed by atoms with Gasteiger partial charge in [0.15, 0.2) is 5.84 Å². The fraction of sp³-hybridized carbons (Fsp3) is 0.222. The van der Waals surface area contributed by atoms with Gasteiger partial charge in [-0.05, 0) is 71.7 Å². The highest BCUT2D eigenvalue weighted by Gasteiger charge is 2.23. The summed E-state index contributed by atoms with van der Waals surface area (Å²) in [6.07, 6.45) is 0.962. The van der Waals surface area contributed by atoms with E-state index in [4.69, 9.17) is 9.98 Å². The molecule has 0 spiro atoms. The first-order valence-corrected chi connectivity index (χ1v) is 13.3. The smallest absolute Gasteiger partial charge is 0.160 e. The Morgan fingerprint density at radius 3 is 2.00 bits per heavy atom. The molecule has 2 nitrogen and oxygen atoms in total. The molecule has 0 bridgehead atoms. The van der Waals surface area contributed by atoms with Gasteiger partial charge in [-0.25, -0.2) is 9.98 Å². The predicted octanol–water partition coefficient (Wildman–Crippen LogP) is 9.36. The van der Waals surface area contributed by atoms with Crippen LogP contribution >= 0.6 is 0 Å². The topological polar surface area (TPSA) is 24.7 Å². The summed E-state index contributed by atoms with van der Waals surface area (Å²) in [5.74, 6) is 0.702. The van der Waals surface area contributed by atoms with Crippen molar-refractivity contribution < 1.29 is 0 Å². The molecule has 0 radical (unpaired) electrons. The van der Waals surface area contributed by atoms with Gasteiger partial charge in [0.25, 0.3) is 0 Å². The van der Waals surface area contributed by atoms with Crippen LogP contribution in [0, 0.1) is 19.3 Å². The first-order chi connectivity index (χ1) is 18.1. The number of hydrogen-bond donors (Lipinski definition) is 0. The second-order valence-corrected chi connectivity index (χ2v) is 11.3. The molecule has 0 aromatic heterocycles. The van der Waals surface area contributed by atoms with Crippen molar-refractivity contribution >= 4 is 11.5 Å². The Balaban J connectivity index is 1.73. The highest BCUT2D eigenvalue weighted by Crippen LogP contribution is 2.39. The third kappa shape index (κ3) is 4.79. The van der Waals surface area contributed by atoms with Gasteiger partial charge in [0, 0.05) is 28.0 Å². The van der Waals surface area contributed by atoms with Gasteiger partial charge in [-0.3, -0.25) is 0 Å². The maximum Gasteiger partial charge on any atom is 0.160 e. The van der Waals surface area contributed by atoms with Crippen molar-refractivity contribution in [3.8, 4) is 22.3 Å². The fourth-order valence-electron chi connectivity index (χ4n) is 5.22. The Bertz CT molecular complexity index is 1610. The lowest BCUT2D eigenvalue weighted by molar-refractivity contribution is 0.500. The summed E-state index contributed by atoms with van der Waals surface area (Å²) in [5, 5.41) is 0. The minimum absolute atomic E-state index is 0.172. The highest BCUT2D eigenvalue weighted by molar-refractivity contribution is 6.16. The number of aliphatic imine (C=N–C) groups is 2. The Hall–Kier alpha value is -4.04. The molecule has 0 unspecified atom stereocenters. The monoisotopic (exact) mass is 496 g/mol. The maximum absolute atomic E-state index is 5.28. The molecule has 0 atom stereocenters. The molecule has 0 saturated carbocycles. The van der Waals surface area contributed by atoms with Crippen molar-refractivity contribution in [1.82, 2.24) is 0 Å². The molecule has 0 heterocycles. The second kappa shape index (κ2) is 10.0. The summed E-state index contributed by atoms with van der Waals surface area (Å²) in [6.45, 7) is 17.2. The Kier molecular flexibility index (Phi) is 6.75.